The lowest BCUT2D eigenvalue weighted by Gasteiger charge is -2.26. The Kier molecular flexibility index (Phi) is 8.01. The van der Waals surface area contributed by atoms with Gasteiger partial charge in [-0.2, -0.15) is 0 Å². The molecule has 158 valence electrons. The first-order valence-corrected chi connectivity index (χ1v) is 9.35. The standard InChI is InChI=1S/C19H31N3O6/c1-11(2)10-13(21-18(27)28-19(4,5)6)15(23)20-12(3)16(24)22-9-7-8-14(22)17(25)26/h11,13-14H,3,7-10H2,1-2,4-6H3,(H,20,23)(H,21,27)(H,25,26)/t13-,14-/m0/s1. The normalized spacial score (nSPS) is 17.8. The SMILES string of the molecule is C=C(NC(=O)[C@H](CC(C)C)NC(=O)OC(C)(C)C)C(=O)N1CCC[C@H]1C(=O)O. The smallest absolute Gasteiger partial charge is 0.408 e. The number of amides is 3. The molecule has 1 fully saturated rings. The molecule has 1 rings (SSSR count). The Morgan fingerprint density at radius 3 is 2.36 bits per heavy atom. The highest BCUT2D eigenvalue weighted by Crippen LogP contribution is 2.19. The molecule has 3 N–H and O–H groups in total. The lowest BCUT2D eigenvalue weighted by Crippen LogP contribution is -2.50. The topological polar surface area (TPSA) is 125 Å². The van der Waals surface area contributed by atoms with Gasteiger partial charge in [0.2, 0.25) is 5.91 Å². The molecule has 1 heterocycles. The summed E-state index contributed by atoms with van der Waals surface area (Å²) < 4.78 is 5.18. The molecule has 0 unspecified atom stereocenters. The number of nitrogens with zero attached hydrogens (tertiary/aromatic N) is 1. The second-order valence-corrected chi connectivity index (χ2v) is 8.29. The fourth-order valence-electron chi connectivity index (χ4n) is 2.88. The minimum absolute atomic E-state index is 0.0876. The van der Waals surface area contributed by atoms with Crippen molar-refractivity contribution in [1.29, 1.82) is 0 Å². The second kappa shape index (κ2) is 9.57. The first kappa shape index (κ1) is 23.5. The summed E-state index contributed by atoms with van der Waals surface area (Å²) in [7, 11) is 0. The molecule has 9 heteroatoms. The van der Waals surface area contributed by atoms with Gasteiger partial charge in [-0.1, -0.05) is 20.4 Å². The van der Waals surface area contributed by atoms with Gasteiger partial charge in [0.25, 0.3) is 5.91 Å². The highest BCUT2D eigenvalue weighted by Gasteiger charge is 2.35. The molecular formula is C19H31N3O6. The predicted octanol–water partition coefficient (Wildman–Crippen LogP) is 1.63. The zero-order chi connectivity index (χ0) is 21.6. The molecule has 0 radical (unpaired) electrons. The van der Waals surface area contributed by atoms with E-state index < -0.39 is 41.6 Å². The lowest BCUT2D eigenvalue weighted by molar-refractivity contribution is -0.147. The monoisotopic (exact) mass is 397 g/mol. The number of hydrogen-bond donors (Lipinski definition) is 3. The fourth-order valence-corrected chi connectivity index (χ4v) is 2.88. The number of nitrogens with one attached hydrogen (secondary N) is 2. The van der Waals surface area contributed by atoms with Crippen molar-refractivity contribution in [2.75, 3.05) is 6.54 Å². The van der Waals surface area contributed by atoms with E-state index in [9.17, 15) is 24.3 Å². The van der Waals surface area contributed by atoms with Gasteiger partial charge in [0.15, 0.2) is 0 Å². The second-order valence-electron chi connectivity index (χ2n) is 8.29. The van der Waals surface area contributed by atoms with Crippen LogP contribution in [0.2, 0.25) is 0 Å². The maximum atomic E-state index is 12.6. The summed E-state index contributed by atoms with van der Waals surface area (Å²) >= 11 is 0. The lowest BCUT2D eigenvalue weighted by atomic mass is 10.0. The molecule has 2 atom stereocenters. The van der Waals surface area contributed by atoms with Crippen LogP contribution in [0.4, 0.5) is 4.79 Å². The number of alkyl carbamates (subject to hydrolysis) is 1. The molecule has 0 aromatic rings. The molecule has 0 aliphatic carbocycles. The molecule has 1 aliphatic heterocycles. The van der Waals surface area contributed by atoms with Crippen LogP contribution >= 0.6 is 0 Å². The number of likely N-dealkylation sites (tertiary alicyclic amines) is 1. The summed E-state index contributed by atoms with van der Waals surface area (Å²) in [5, 5.41) is 14.1. The van der Waals surface area contributed by atoms with Crippen LogP contribution < -0.4 is 10.6 Å². The number of carbonyl (C=O) groups is 4. The number of carboxylic acids is 1. The molecule has 28 heavy (non-hydrogen) atoms. The third kappa shape index (κ3) is 7.21. The summed E-state index contributed by atoms with van der Waals surface area (Å²) in [4.78, 5) is 49.5. The van der Waals surface area contributed by atoms with Crippen LogP contribution in [-0.2, 0) is 19.1 Å². The van der Waals surface area contributed by atoms with Gasteiger partial charge in [0.05, 0.1) is 5.70 Å². The first-order chi connectivity index (χ1) is 12.8. The molecule has 0 aromatic carbocycles. The van der Waals surface area contributed by atoms with Gasteiger partial charge >= 0.3 is 12.1 Å². The van der Waals surface area contributed by atoms with Crippen molar-refractivity contribution >= 4 is 23.9 Å². The van der Waals surface area contributed by atoms with E-state index in [0.717, 1.165) is 0 Å². The van der Waals surface area contributed by atoms with Gasteiger partial charge in [-0.05, 0) is 46.0 Å². The zero-order valence-electron chi connectivity index (χ0n) is 17.2. The minimum atomic E-state index is -1.09. The molecule has 0 saturated carbocycles. The van der Waals surface area contributed by atoms with Crippen molar-refractivity contribution < 1.29 is 29.0 Å². The number of ether oxygens (including phenoxy) is 1. The van der Waals surface area contributed by atoms with E-state index in [0.29, 0.717) is 19.3 Å². The highest BCUT2D eigenvalue weighted by molar-refractivity contribution is 6.00. The largest absolute Gasteiger partial charge is 0.480 e. The highest BCUT2D eigenvalue weighted by atomic mass is 16.6. The van der Waals surface area contributed by atoms with Crippen molar-refractivity contribution in [3.63, 3.8) is 0 Å². The Bertz CT molecular complexity index is 638. The van der Waals surface area contributed by atoms with Gasteiger partial charge in [0.1, 0.15) is 17.7 Å². The molecule has 0 bridgehead atoms. The summed E-state index contributed by atoms with van der Waals surface area (Å²) in [6, 6.07) is -1.85. The molecule has 1 aliphatic rings. The van der Waals surface area contributed by atoms with Crippen LogP contribution in [0.1, 0.15) is 53.9 Å². The van der Waals surface area contributed by atoms with Crippen LogP contribution in [0.5, 0.6) is 0 Å². The summed E-state index contributed by atoms with van der Waals surface area (Å²) in [6.45, 7) is 12.8. The number of rotatable bonds is 7. The predicted molar refractivity (Wildman–Crippen MR) is 102 cm³/mol. The molecule has 0 aromatic heterocycles. The quantitative estimate of drug-likeness (QED) is 0.561. The van der Waals surface area contributed by atoms with E-state index in [1.54, 1.807) is 20.8 Å². The molecule has 3 amide bonds. The molecular weight excluding hydrogens is 366 g/mol. The molecule has 1 saturated heterocycles. The Morgan fingerprint density at radius 1 is 1.25 bits per heavy atom. The van der Waals surface area contributed by atoms with Crippen molar-refractivity contribution in [3.05, 3.63) is 12.3 Å². The zero-order valence-corrected chi connectivity index (χ0v) is 17.2. The first-order valence-electron chi connectivity index (χ1n) is 9.35. The van der Waals surface area contributed by atoms with Gasteiger partial charge < -0.3 is 25.4 Å². The third-order valence-corrected chi connectivity index (χ3v) is 4.05. The van der Waals surface area contributed by atoms with Crippen LogP contribution in [0, 0.1) is 5.92 Å². The number of carbonyl (C=O) groups excluding carboxylic acids is 3. The Hall–Kier alpha value is -2.58. The maximum Gasteiger partial charge on any atom is 0.408 e. The average molecular weight is 397 g/mol. The number of hydrogen-bond acceptors (Lipinski definition) is 5. The van der Waals surface area contributed by atoms with Gasteiger partial charge in [-0.15, -0.1) is 0 Å². The number of carboxylic acid groups (broad SMARTS) is 1. The third-order valence-electron chi connectivity index (χ3n) is 4.05. The minimum Gasteiger partial charge on any atom is -0.480 e. The Balaban J connectivity index is 2.78. The fraction of sp³-hybridized carbons (Fsp3) is 0.684. The van der Waals surface area contributed by atoms with Crippen LogP contribution in [0.3, 0.4) is 0 Å². The van der Waals surface area contributed by atoms with E-state index in [2.05, 4.69) is 17.2 Å². The van der Waals surface area contributed by atoms with Crippen LogP contribution in [0.15, 0.2) is 12.3 Å². The summed E-state index contributed by atoms with van der Waals surface area (Å²) in [5.74, 6) is -2.25. The van der Waals surface area contributed by atoms with Gasteiger partial charge in [0, 0.05) is 6.54 Å². The number of aliphatic carboxylic acids is 1. The van der Waals surface area contributed by atoms with Crippen molar-refractivity contribution in [3.8, 4) is 0 Å². The van der Waals surface area contributed by atoms with Crippen LogP contribution in [0.25, 0.3) is 0 Å². The van der Waals surface area contributed by atoms with E-state index in [1.807, 2.05) is 13.8 Å². The maximum absolute atomic E-state index is 12.6. The van der Waals surface area contributed by atoms with Gasteiger partial charge in [-0.3, -0.25) is 9.59 Å². The van der Waals surface area contributed by atoms with Crippen molar-refractivity contribution in [2.45, 2.75) is 71.6 Å². The summed E-state index contributed by atoms with van der Waals surface area (Å²) in [6.07, 6.45) is 0.516. The molecule has 9 nitrogen and oxygen atoms in total. The Labute approximate surface area is 165 Å². The average Bonchev–Trinajstić information content (AvgIpc) is 3.00. The van der Waals surface area contributed by atoms with E-state index in [4.69, 9.17) is 4.74 Å². The van der Waals surface area contributed by atoms with Crippen LogP contribution in [-0.4, -0.2) is 58.1 Å². The Morgan fingerprint density at radius 2 is 1.86 bits per heavy atom. The van der Waals surface area contributed by atoms with E-state index in [-0.39, 0.29) is 18.2 Å². The van der Waals surface area contributed by atoms with Gasteiger partial charge in [-0.25, -0.2) is 9.59 Å². The van der Waals surface area contributed by atoms with E-state index in [1.165, 1.54) is 4.90 Å². The van der Waals surface area contributed by atoms with Crippen molar-refractivity contribution in [2.24, 2.45) is 5.92 Å². The van der Waals surface area contributed by atoms with Crippen molar-refractivity contribution in [1.82, 2.24) is 15.5 Å². The van der Waals surface area contributed by atoms with E-state index >= 15 is 0 Å². The molecule has 0 spiro atoms. The summed E-state index contributed by atoms with van der Waals surface area (Å²) in [5.41, 5.74) is -0.942.